The van der Waals surface area contributed by atoms with E-state index in [1.165, 1.54) is 0 Å². The van der Waals surface area contributed by atoms with Crippen molar-refractivity contribution in [1.29, 1.82) is 0 Å². The van der Waals surface area contributed by atoms with Gasteiger partial charge in [-0.3, -0.25) is 9.59 Å². The molecule has 1 fully saturated rings. The van der Waals surface area contributed by atoms with Gasteiger partial charge in [-0.15, -0.1) is 0 Å². The van der Waals surface area contributed by atoms with E-state index < -0.39 is 23.8 Å². The van der Waals surface area contributed by atoms with Gasteiger partial charge in [-0.1, -0.05) is 19.8 Å². The molecule has 1 aliphatic carbocycles. The van der Waals surface area contributed by atoms with Gasteiger partial charge in [0.25, 0.3) is 0 Å². The van der Waals surface area contributed by atoms with Crippen LogP contribution in [-0.2, 0) is 9.59 Å². The van der Waals surface area contributed by atoms with E-state index in [4.69, 9.17) is 10.2 Å². The third-order valence-corrected chi connectivity index (χ3v) is 3.29. The fourth-order valence-electron chi connectivity index (χ4n) is 2.50. The highest BCUT2D eigenvalue weighted by atomic mass is 27.0. The van der Waals surface area contributed by atoms with Crippen LogP contribution in [0.3, 0.4) is 0 Å². The predicted molar refractivity (Wildman–Crippen MR) is 64.4 cm³/mol. The van der Waals surface area contributed by atoms with E-state index in [1.54, 1.807) is 0 Å². The molecule has 0 aliphatic heterocycles. The molecule has 3 atom stereocenters. The highest BCUT2D eigenvalue weighted by Crippen LogP contribution is 2.36. The molecule has 3 unspecified atom stereocenters. The number of carboxylic acid groups (broad SMARTS) is 2. The van der Waals surface area contributed by atoms with Crippen LogP contribution in [0.15, 0.2) is 0 Å². The number of hydrogen-bond donors (Lipinski definition) is 2. The Labute approximate surface area is 106 Å². The van der Waals surface area contributed by atoms with Gasteiger partial charge in [0.1, 0.15) is 0 Å². The van der Waals surface area contributed by atoms with Crippen LogP contribution in [0.5, 0.6) is 0 Å². The third kappa shape index (κ3) is 3.80. The van der Waals surface area contributed by atoms with Gasteiger partial charge in [0.2, 0.25) is 0 Å². The molecule has 0 bridgehead atoms. The minimum absolute atomic E-state index is 0. The molecule has 0 aromatic rings. The van der Waals surface area contributed by atoms with Gasteiger partial charge in [-0.2, -0.15) is 0 Å². The lowest BCUT2D eigenvalue weighted by molar-refractivity contribution is -0.156. The zero-order valence-electron chi connectivity index (χ0n) is 8.98. The molecule has 0 aromatic carbocycles. The zero-order valence-corrected chi connectivity index (χ0v) is 8.98. The van der Waals surface area contributed by atoms with Gasteiger partial charge < -0.3 is 10.2 Å². The van der Waals surface area contributed by atoms with Crippen molar-refractivity contribution in [3.63, 3.8) is 0 Å². The Kier molecular flexibility index (Phi) is 6.70. The maximum absolute atomic E-state index is 11.0. The quantitative estimate of drug-likeness (QED) is 0.717. The molecule has 0 heterocycles. The van der Waals surface area contributed by atoms with Crippen LogP contribution in [0, 0.1) is 17.8 Å². The Bertz CT molecular complexity index is 254. The first-order valence-electron chi connectivity index (χ1n) is 5.51. The lowest BCUT2D eigenvalue weighted by Crippen LogP contribution is -2.35. The fraction of sp³-hybridized carbons (Fsp3) is 0.818. The van der Waals surface area contributed by atoms with Gasteiger partial charge in [-0.25, -0.2) is 0 Å². The summed E-state index contributed by atoms with van der Waals surface area (Å²) in [5, 5.41) is 17.9. The second kappa shape index (κ2) is 6.93. The highest BCUT2D eigenvalue weighted by Gasteiger charge is 2.38. The van der Waals surface area contributed by atoms with Crippen molar-refractivity contribution in [2.24, 2.45) is 17.8 Å². The summed E-state index contributed by atoms with van der Waals surface area (Å²) in [5.74, 6) is -2.89. The van der Waals surface area contributed by atoms with Crippen LogP contribution in [0.4, 0.5) is 0 Å². The second-order valence-corrected chi connectivity index (χ2v) is 4.36. The Morgan fingerprint density at radius 3 is 2.12 bits per heavy atom. The lowest BCUT2D eigenvalue weighted by Gasteiger charge is -2.31. The van der Waals surface area contributed by atoms with Crippen LogP contribution in [-0.4, -0.2) is 39.5 Å². The van der Waals surface area contributed by atoms with Gasteiger partial charge >= 0.3 is 11.9 Å². The van der Waals surface area contributed by atoms with Crippen LogP contribution in [0.25, 0.3) is 0 Å². The van der Waals surface area contributed by atoms with Crippen molar-refractivity contribution in [1.82, 2.24) is 0 Å². The molecular formula is C11H21AlO4. The van der Waals surface area contributed by atoms with Crippen LogP contribution >= 0.6 is 0 Å². The molecule has 0 saturated heterocycles. The molecule has 1 saturated carbocycles. The van der Waals surface area contributed by atoms with Crippen molar-refractivity contribution < 1.29 is 19.8 Å². The number of carbonyl (C=O) groups is 2. The van der Waals surface area contributed by atoms with Gasteiger partial charge in [0.15, 0.2) is 17.4 Å². The largest absolute Gasteiger partial charge is 0.481 e. The van der Waals surface area contributed by atoms with Crippen LogP contribution in [0.1, 0.15) is 39.0 Å². The SMILES string of the molecule is CCCC1CCC(C(=O)O)C(C(=O)O)C1.[AlH3]. The standard InChI is InChI=1S/C11H18O4.Al.3H/c1-2-3-7-4-5-8(10(12)13)9(6-7)11(14)15;;;;/h7-9H,2-6H2,1H3,(H,12,13)(H,14,15);;;;. The molecule has 0 radical (unpaired) electrons. The number of aliphatic carboxylic acids is 2. The van der Waals surface area contributed by atoms with E-state index in [-0.39, 0.29) is 17.4 Å². The molecular weight excluding hydrogens is 223 g/mol. The van der Waals surface area contributed by atoms with Crippen LogP contribution < -0.4 is 0 Å². The van der Waals surface area contributed by atoms with E-state index in [9.17, 15) is 9.59 Å². The summed E-state index contributed by atoms with van der Waals surface area (Å²) in [6, 6.07) is 0. The van der Waals surface area contributed by atoms with Crippen molar-refractivity contribution in [3.8, 4) is 0 Å². The van der Waals surface area contributed by atoms with E-state index in [0.717, 1.165) is 19.3 Å². The number of hydrogen-bond acceptors (Lipinski definition) is 2. The fourth-order valence-corrected chi connectivity index (χ4v) is 2.50. The molecule has 16 heavy (non-hydrogen) atoms. The Morgan fingerprint density at radius 1 is 1.12 bits per heavy atom. The van der Waals surface area contributed by atoms with Crippen molar-refractivity contribution >= 4 is 29.3 Å². The third-order valence-electron chi connectivity index (χ3n) is 3.29. The van der Waals surface area contributed by atoms with E-state index in [1.807, 2.05) is 0 Å². The summed E-state index contributed by atoms with van der Waals surface area (Å²) in [5.41, 5.74) is 0. The lowest BCUT2D eigenvalue weighted by atomic mass is 9.73. The van der Waals surface area contributed by atoms with Gasteiger partial charge in [-0.05, 0) is 25.2 Å². The van der Waals surface area contributed by atoms with Crippen LogP contribution in [0.2, 0.25) is 0 Å². The topological polar surface area (TPSA) is 74.6 Å². The van der Waals surface area contributed by atoms with Crippen molar-refractivity contribution in [3.05, 3.63) is 0 Å². The summed E-state index contributed by atoms with van der Waals surface area (Å²) in [6.45, 7) is 2.07. The zero-order chi connectivity index (χ0) is 11.4. The first-order chi connectivity index (χ1) is 7.06. The number of rotatable bonds is 4. The molecule has 0 amide bonds. The van der Waals surface area contributed by atoms with Gasteiger partial charge in [0.05, 0.1) is 11.8 Å². The van der Waals surface area contributed by atoms with E-state index in [0.29, 0.717) is 18.8 Å². The molecule has 1 aliphatic rings. The summed E-state index contributed by atoms with van der Waals surface area (Å²) >= 11 is 0. The average molecular weight is 244 g/mol. The average Bonchev–Trinajstić information content (AvgIpc) is 2.17. The predicted octanol–water partition coefficient (Wildman–Crippen LogP) is 0.804. The van der Waals surface area contributed by atoms with Gasteiger partial charge in [0, 0.05) is 0 Å². The molecule has 4 nitrogen and oxygen atoms in total. The number of carboxylic acids is 2. The normalized spacial score (nSPS) is 29.2. The Morgan fingerprint density at radius 2 is 1.69 bits per heavy atom. The summed E-state index contributed by atoms with van der Waals surface area (Å²) in [6.07, 6.45) is 3.94. The Hall–Kier alpha value is -0.528. The summed E-state index contributed by atoms with van der Waals surface area (Å²) < 4.78 is 0. The maximum atomic E-state index is 11.0. The van der Waals surface area contributed by atoms with Crippen molar-refractivity contribution in [2.75, 3.05) is 0 Å². The first-order valence-corrected chi connectivity index (χ1v) is 5.51. The van der Waals surface area contributed by atoms with Crippen molar-refractivity contribution in [2.45, 2.75) is 39.0 Å². The monoisotopic (exact) mass is 244 g/mol. The van der Waals surface area contributed by atoms with E-state index >= 15 is 0 Å². The smallest absolute Gasteiger partial charge is 0.307 e. The minimum atomic E-state index is -0.961. The Balaban J connectivity index is 0.00000225. The molecule has 0 aromatic heterocycles. The summed E-state index contributed by atoms with van der Waals surface area (Å²) in [4.78, 5) is 21.8. The second-order valence-electron chi connectivity index (χ2n) is 4.36. The molecule has 0 spiro atoms. The first kappa shape index (κ1) is 15.5. The minimum Gasteiger partial charge on any atom is -0.481 e. The molecule has 1 rings (SSSR count). The summed E-state index contributed by atoms with van der Waals surface area (Å²) in [7, 11) is 0. The highest BCUT2D eigenvalue weighted by molar-refractivity contribution is 5.80. The molecule has 92 valence electrons. The molecule has 2 N–H and O–H groups in total. The molecule has 5 heteroatoms. The maximum Gasteiger partial charge on any atom is 0.307 e. The van der Waals surface area contributed by atoms with E-state index in [2.05, 4.69) is 6.92 Å².